The molecule has 0 radical (unpaired) electrons. The molecule has 0 spiro atoms. The smallest absolute Gasteiger partial charge is 0.0431 e. The number of aliphatic hydroxyl groups is 1. The van der Waals surface area contributed by atoms with E-state index >= 15 is 0 Å². The van der Waals surface area contributed by atoms with E-state index in [9.17, 15) is 0 Å². The zero-order chi connectivity index (χ0) is 15.4. The van der Waals surface area contributed by atoms with Gasteiger partial charge >= 0.3 is 0 Å². The first-order chi connectivity index (χ1) is 10.4. The maximum absolute atomic E-state index is 8.69. The highest BCUT2D eigenvalue weighted by atomic mass is 35.5. The molecule has 136 valence electrons. The Morgan fingerprint density at radius 3 is 1.05 bits per heavy atom. The van der Waals surface area contributed by atoms with Crippen LogP contribution >= 0.6 is 12.4 Å². The van der Waals surface area contributed by atoms with Crippen LogP contribution in [-0.2, 0) is 0 Å². The van der Waals surface area contributed by atoms with E-state index < -0.39 is 0 Å². The third-order valence-electron chi connectivity index (χ3n) is 4.33. The summed E-state index contributed by atoms with van der Waals surface area (Å²) in [6.07, 6.45) is 22.0. The molecule has 0 unspecified atom stereocenters. The molecule has 0 saturated heterocycles. The maximum atomic E-state index is 8.69. The second-order valence-electron chi connectivity index (χ2n) is 6.48. The summed E-state index contributed by atoms with van der Waals surface area (Å²) in [4.78, 5) is 0. The van der Waals surface area contributed by atoms with Crippen molar-refractivity contribution in [2.24, 2.45) is 0 Å². The minimum absolute atomic E-state index is 0. The fraction of sp³-hybridized carbons (Fsp3) is 1.00. The van der Waals surface area contributed by atoms with Gasteiger partial charge in [0, 0.05) is 6.61 Å². The summed E-state index contributed by atoms with van der Waals surface area (Å²) in [6, 6.07) is 0. The fourth-order valence-corrected chi connectivity index (χ4v) is 2.89. The Morgan fingerprint density at radius 1 is 0.500 bits per heavy atom. The predicted octanol–water partition coefficient (Wildman–Crippen LogP) is 5.86. The third-order valence-corrected chi connectivity index (χ3v) is 4.33. The summed E-state index contributed by atoms with van der Waals surface area (Å²) < 4.78 is 0. The van der Waals surface area contributed by atoms with Crippen LogP contribution in [0.15, 0.2) is 0 Å². The Labute approximate surface area is 146 Å². The highest BCUT2D eigenvalue weighted by Gasteiger charge is 1.94. The van der Waals surface area contributed by atoms with Gasteiger partial charge in [-0.05, 0) is 26.4 Å². The molecule has 0 aromatic rings. The Morgan fingerprint density at radius 2 is 0.773 bits per heavy atom. The standard InChI is InChI=1S/C19H41NO.ClH/c1-20-18-16-14-12-10-8-6-4-2-3-5-7-9-11-13-15-17-19-21;/h20-21H,2-19H2,1H3;1H. The van der Waals surface area contributed by atoms with Crippen LogP contribution in [0.25, 0.3) is 0 Å². The van der Waals surface area contributed by atoms with Gasteiger partial charge in [-0.3, -0.25) is 0 Å². The highest BCUT2D eigenvalue weighted by Crippen LogP contribution is 2.13. The molecule has 2 nitrogen and oxygen atoms in total. The van der Waals surface area contributed by atoms with Gasteiger partial charge in [0.15, 0.2) is 0 Å². The lowest BCUT2D eigenvalue weighted by Gasteiger charge is -2.03. The number of rotatable bonds is 18. The average molecular weight is 336 g/mol. The van der Waals surface area contributed by atoms with Gasteiger partial charge in [-0.25, -0.2) is 0 Å². The van der Waals surface area contributed by atoms with Crippen LogP contribution in [0.2, 0.25) is 0 Å². The van der Waals surface area contributed by atoms with E-state index in [0.29, 0.717) is 6.61 Å². The number of unbranched alkanes of at least 4 members (excludes halogenated alkanes) is 15. The molecule has 0 atom stereocenters. The van der Waals surface area contributed by atoms with Gasteiger partial charge in [0.05, 0.1) is 0 Å². The van der Waals surface area contributed by atoms with Gasteiger partial charge in [-0.1, -0.05) is 89.9 Å². The zero-order valence-electron chi connectivity index (χ0n) is 15.1. The highest BCUT2D eigenvalue weighted by molar-refractivity contribution is 5.85. The van der Waals surface area contributed by atoms with E-state index in [2.05, 4.69) is 5.32 Å². The summed E-state index contributed by atoms with van der Waals surface area (Å²) in [7, 11) is 2.04. The van der Waals surface area contributed by atoms with Crippen LogP contribution in [0.3, 0.4) is 0 Å². The number of hydrogen-bond donors (Lipinski definition) is 2. The van der Waals surface area contributed by atoms with Gasteiger partial charge < -0.3 is 10.4 Å². The molecule has 0 aliphatic carbocycles. The molecule has 3 heteroatoms. The van der Waals surface area contributed by atoms with Crippen molar-refractivity contribution in [2.45, 2.75) is 103 Å². The van der Waals surface area contributed by atoms with Crippen LogP contribution in [0.4, 0.5) is 0 Å². The van der Waals surface area contributed by atoms with Crippen molar-refractivity contribution < 1.29 is 5.11 Å². The Balaban J connectivity index is 0. The molecular formula is C19H42ClNO. The first-order valence-corrected chi connectivity index (χ1v) is 9.67. The molecule has 22 heavy (non-hydrogen) atoms. The maximum Gasteiger partial charge on any atom is 0.0431 e. The largest absolute Gasteiger partial charge is 0.396 e. The Hall–Kier alpha value is 0.210. The first-order valence-electron chi connectivity index (χ1n) is 9.67. The summed E-state index contributed by atoms with van der Waals surface area (Å²) >= 11 is 0. The van der Waals surface area contributed by atoms with E-state index in [4.69, 9.17) is 5.11 Å². The van der Waals surface area contributed by atoms with Crippen molar-refractivity contribution in [2.75, 3.05) is 20.2 Å². The van der Waals surface area contributed by atoms with Crippen molar-refractivity contribution >= 4 is 12.4 Å². The Bertz CT molecular complexity index is 161. The van der Waals surface area contributed by atoms with Crippen molar-refractivity contribution in [3.8, 4) is 0 Å². The molecule has 0 saturated carbocycles. The lowest BCUT2D eigenvalue weighted by molar-refractivity contribution is 0.282. The molecule has 2 N–H and O–H groups in total. The summed E-state index contributed by atoms with van der Waals surface area (Å²) in [5.74, 6) is 0. The lowest BCUT2D eigenvalue weighted by Crippen LogP contribution is -2.06. The van der Waals surface area contributed by atoms with Gasteiger partial charge in [-0.2, -0.15) is 0 Å². The number of nitrogens with one attached hydrogen (secondary N) is 1. The number of hydrogen-bond acceptors (Lipinski definition) is 2. The molecule has 0 aromatic heterocycles. The molecule has 0 aromatic carbocycles. The summed E-state index contributed by atoms with van der Waals surface area (Å²) in [5, 5.41) is 11.9. The summed E-state index contributed by atoms with van der Waals surface area (Å²) in [5.41, 5.74) is 0. The van der Waals surface area contributed by atoms with Crippen LogP contribution in [0.1, 0.15) is 103 Å². The quantitative estimate of drug-likeness (QED) is 0.307. The van der Waals surface area contributed by atoms with E-state index in [0.717, 1.165) is 6.42 Å². The monoisotopic (exact) mass is 335 g/mol. The van der Waals surface area contributed by atoms with Crippen molar-refractivity contribution in [1.82, 2.24) is 5.32 Å². The van der Waals surface area contributed by atoms with Crippen LogP contribution in [0, 0.1) is 0 Å². The molecule has 0 fully saturated rings. The van der Waals surface area contributed by atoms with Crippen molar-refractivity contribution in [1.29, 1.82) is 0 Å². The normalized spacial score (nSPS) is 10.6. The lowest BCUT2D eigenvalue weighted by atomic mass is 10.0. The SMILES string of the molecule is CNCCCCCCCCCCCCCCCCCCO.Cl. The first kappa shape index (κ1) is 24.5. The second-order valence-corrected chi connectivity index (χ2v) is 6.48. The molecule has 0 aliphatic heterocycles. The second kappa shape index (κ2) is 23.5. The molecule has 0 amide bonds. The average Bonchev–Trinajstić information content (AvgIpc) is 2.50. The minimum Gasteiger partial charge on any atom is -0.396 e. The van der Waals surface area contributed by atoms with E-state index in [1.807, 2.05) is 7.05 Å². The van der Waals surface area contributed by atoms with Gasteiger partial charge in [-0.15, -0.1) is 12.4 Å². The van der Waals surface area contributed by atoms with Crippen molar-refractivity contribution in [3.63, 3.8) is 0 Å². The van der Waals surface area contributed by atoms with E-state index in [1.54, 1.807) is 0 Å². The number of aliphatic hydroxyl groups excluding tert-OH is 1. The summed E-state index contributed by atoms with van der Waals surface area (Å²) in [6.45, 7) is 1.55. The van der Waals surface area contributed by atoms with Crippen molar-refractivity contribution in [3.05, 3.63) is 0 Å². The van der Waals surface area contributed by atoms with E-state index in [1.165, 1.54) is 103 Å². The zero-order valence-corrected chi connectivity index (χ0v) is 15.9. The van der Waals surface area contributed by atoms with E-state index in [-0.39, 0.29) is 12.4 Å². The Kier molecular flexibility index (Phi) is 26.1. The van der Waals surface area contributed by atoms with Crippen LogP contribution < -0.4 is 5.32 Å². The van der Waals surface area contributed by atoms with Gasteiger partial charge in [0.25, 0.3) is 0 Å². The molecule has 0 rings (SSSR count). The topological polar surface area (TPSA) is 32.3 Å². The molecule has 0 bridgehead atoms. The molecule has 0 heterocycles. The van der Waals surface area contributed by atoms with Gasteiger partial charge in [0.1, 0.15) is 0 Å². The minimum atomic E-state index is 0. The van der Waals surface area contributed by atoms with Crippen LogP contribution in [0.5, 0.6) is 0 Å². The molecular weight excluding hydrogens is 294 g/mol. The predicted molar refractivity (Wildman–Crippen MR) is 102 cm³/mol. The number of halogens is 1. The third kappa shape index (κ3) is 22.5. The van der Waals surface area contributed by atoms with Gasteiger partial charge in [0.2, 0.25) is 0 Å². The fourth-order valence-electron chi connectivity index (χ4n) is 2.89. The van der Waals surface area contributed by atoms with Crippen LogP contribution in [-0.4, -0.2) is 25.3 Å². The molecule has 0 aliphatic rings.